The molecular weight excluding hydrogens is 408 g/mol. The molecule has 2 aliphatic rings. The first-order valence-corrected chi connectivity index (χ1v) is 11.0. The molecular formula is C25H30N2O5. The predicted octanol–water partition coefficient (Wildman–Crippen LogP) is 3.69. The number of ether oxygens (including phenoxy) is 3. The summed E-state index contributed by atoms with van der Waals surface area (Å²) in [6.07, 6.45) is 4.54. The molecule has 32 heavy (non-hydrogen) atoms. The summed E-state index contributed by atoms with van der Waals surface area (Å²) < 4.78 is 16.0. The first-order chi connectivity index (χ1) is 15.5. The lowest BCUT2D eigenvalue weighted by Crippen LogP contribution is -2.74. The Morgan fingerprint density at radius 3 is 2.25 bits per heavy atom. The highest BCUT2D eigenvalue weighted by molar-refractivity contribution is 6.14. The molecule has 2 fully saturated rings. The minimum atomic E-state index is -0.610. The Morgan fingerprint density at radius 2 is 1.62 bits per heavy atom. The van der Waals surface area contributed by atoms with Gasteiger partial charge < -0.3 is 19.5 Å². The van der Waals surface area contributed by atoms with E-state index in [2.05, 4.69) is 5.32 Å². The van der Waals surface area contributed by atoms with Gasteiger partial charge in [0, 0.05) is 17.8 Å². The third-order valence-electron chi connectivity index (χ3n) is 6.71. The number of hydrogen-bond donors (Lipinski definition) is 1. The second kappa shape index (κ2) is 9.10. The number of nitrogens with zero attached hydrogens (tertiary/aromatic N) is 1. The third-order valence-corrected chi connectivity index (χ3v) is 6.71. The quantitative estimate of drug-likeness (QED) is 0.667. The van der Waals surface area contributed by atoms with Gasteiger partial charge in [0.25, 0.3) is 0 Å². The van der Waals surface area contributed by atoms with Crippen LogP contribution in [-0.4, -0.2) is 39.2 Å². The van der Waals surface area contributed by atoms with Crippen LogP contribution >= 0.6 is 0 Å². The van der Waals surface area contributed by atoms with Crippen molar-refractivity contribution < 1.29 is 23.8 Å². The Balaban J connectivity index is 1.58. The number of benzene rings is 2. The lowest BCUT2D eigenvalue weighted by molar-refractivity contribution is -0.150. The molecule has 1 saturated heterocycles. The van der Waals surface area contributed by atoms with Gasteiger partial charge in [0.2, 0.25) is 11.8 Å². The van der Waals surface area contributed by atoms with Crippen molar-refractivity contribution in [2.45, 2.75) is 44.7 Å². The molecule has 1 atom stereocenters. The maximum Gasteiger partial charge on any atom is 0.244 e. The van der Waals surface area contributed by atoms with E-state index in [4.69, 9.17) is 14.2 Å². The van der Waals surface area contributed by atoms with Gasteiger partial charge in [-0.1, -0.05) is 19.3 Å². The Morgan fingerprint density at radius 1 is 0.969 bits per heavy atom. The Bertz CT molecular complexity index is 982. The third kappa shape index (κ3) is 3.76. The van der Waals surface area contributed by atoms with Crippen molar-refractivity contribution in [3.8, 4) is 17.2 Å². The van der Waals surface area contributed by atoms with Crippen molar-refractivity contribution in [2.24, 2.45) is 5.41 Å². The van der Waals surface area contributed by atoms with E-state index < -0.39 is 11.5 Å². The number of β-lactam (4-membered cyclic amide) rings is 1. The molecule has 0 radical (unpaired) electrons. The van der Waals surface area contributed by atoms with Gasteiger partial charge in [0.05, 0.1) is 26.7 Å². The number of hydrogen-bond acceptors (Lipinski definition) is 5. The van der Waals surface area contributed by atoms with Crippen LogP contribution in [0.4, 0.5) is 5.69 Å². The van der Waals surface area contributed by atoms with Gasteiger partial charge in [-0.3, -0.25) is 14.5 Å². The molecule has 1 aliphatic carbocycles. The average molecular weight is 439 g/mol. The molecule has 0 bridgehead atoms. The summed E-state index contributed by atoms with van der Waals surface area (Å²) in [5.41, 5.74) is 0.923. The summed E-state index contributed by atoms with van der Waals surface area (Å²) in [7, 11) is 4.80. The molecule has 7 nitrogen and oxygen atoms in total. The van der Waals surface area contributed by atoms with Crippen LogP contribution in [0.2, 0.25) is 0 Å². The summed E-state index contributed by atoms with van der Waals surface area (Å²) in [4.78, 5) is 28.5. The Labute approximate surface area is 188 Å². The normalized spacial score (nSPS) is 19.3. The fourth-order valence-electron chi connectivity index (χ4n) is 5.00. The molecule has 1 N–H and O–H groups in total. The number of amides is 2. The zero-order valence-electron chi connectivity index (χ0n) is 18.8. The first-order valence-electron chi connectivity index (χ1n) is 11.0. The standard InChI is InChI=1S/C25H30N2O5/c1-30-19-9-7-18(8-10-19)27-22(25(24(27)29)13-5-4-6-14-25)23(28)26-16-17-15-20(31-2)11-12-21(17)32-3/h7-12,15,22H,4-6,13-14,16H2,1-3H3,(H,26,28). The van der Waals surface area contributed by atoms with Crippen LogP contribution in [0.3, 0.4) is 0 Å². The molecule has 1 saturated carbocycles. The number of nitrogens with one attached hydrogen (secondary N) is 1. The maximum absolute atomic E-state index is 13.5. The number of rotatable bonds is 7. The second-order valence-electron chi connectivity index (χ2n) is 8.39. The summed E-state index contributed by atoms with van der Waals surface area (Å²) in [6.45, 7) is 0.288. The molecule has 2 aromatic carbocycles. The van der Waals surface area contributed by atoms with E-state index in [1.807, 2.05) is 42.5 Å². The van der Waals surface area contributed by atoms with E-state index in [1.165, 1.54) is 0 Å². The van der Waals surface area contributed by atoms with Crippen LogP contribution in [0.15, 0.2) is 42.5 Å². The van der Waals surface area contributed by atoms with Gasteiger partial charge in [0.1, 0.15) is 23.3 Å². The van der Waals surface area contributed by atoms with Crippen LogP contribution in [0.25, 0.3) is 0 Å². The maximum atomic E-state index is 13.5. The van der Waals surface area contributed by atoms with Crippen molar-refractivity contribution in [2.75, 3.05) is 26.2 Å². The van der Waals surface area contributed by atoms with Crippen LogP contribution in [-0.2, 0) is 16.1 Å². The van der Waals surface area contributed by atoms with Gasteiger partial charge in [-0.2, -0.15) is 0 Å². The van der Waals surface area contributed by atoms with Gasteiger partial charge in [-0.05, 0) is 55.3 Å². The SMILES string of the molecule is COc1ccc(N2C(=O)C3(CCCCC3)C2C(=O)NCc2cc(OC)ccc2OC)cc1. The number of carbonyl (C=O) groups is 2. The van der Waals surface area contributed by atoms with Crippen LogP contribution in [0, 0.1) is 5.41 Å². The van der Waals surface area contributed by atoms with Crippen molar-refractivity contribution in [3.63, 3.8) is 0 Å². The van der Waals surface area contributed by atoms with E-state index >= 15 is 0 Å². The number of anilines is 1. The van der Waals surface area contributed by atoms with Gasteiger partial charge in [0.15, 0.2) is 0 Å². The molecule has 1 spiro atoms. The lowest BCUT2D eigenvalue weighted by Gasteiger charge is -2.56. The van der Waals surface area contributed by atoms with Crippen molar-refractivity contribution in [1.82, 2.24) is 5.32 Å². The molecule has 0 aromatic heterocycles. The topological polar surface area (TPSA) is 77.1 Å². The molecule has 7 heteroatoms. The van der Waals surface area contributed by atoms with Crippen molar-refractivity contribution in [3.05, 3.63) is 48.0 Å². The fraction of sp³-hybridized carbons (Fsp3) is 0.440. The average Bonchev–Trinajstić information content (AvgIpc) is 2.85. The van der Waals surface area contributed by atoms with Crippen molar-refractivity contribution >= 4 is 17.5 Å². The molecule has 1 heterocycles. The van der Waals surface area contributed by atoms with Crippen LogP contribution < -0.4 is 24.4 Å². The molecule has 1 unspecified atom stereocenters. The summed E-state index contributed by atoms with van der Waals surface area (Å²) in [6, 6.07) is 12.2. The highest BCUT2D eigenvalue weighted by atomic mass is 16.5. The monoisotopic (exact) mass is 438 g/mol. The largest absolute Gasteiger partial charge is 0.497 e. The van der Waals surface area contributed by atoms with Gasteiger partial charge in [-0.15, -0.1) is 0 Å². The van der Waals surface area contributed by atoms with E-state index in [9.17, 15) is 9.59 Å². The summed E-state index contributed by atoms with van der Waals surface area (Å²) in [5.74, 6) is 1.97. The molecule has 4 rings (SSSR count). The number of carbonyl (C=O) groups excluding carboxylic acids is 2. The van der Waals surface area contributed by atoms with Crippen LogP contribution in [0.1, 0.15) is 37.7 Å². The molecule has 2 aromatic rings. The number of methoxy groups -OCH3 is 3. The predicted molar refractivity (Wildman–Crippen MR) is 121 cm³/mol. The highest BCUT2D eigenvalue weighted by Crippen LogP contribution is 2.52. The van der Waals surface area contributed by atoms with Gasteiger partial charge >= 0.3 is 0 Å². The van der Waals surface area contributed by atoms with E-state index in [0.29, 0.717) is 22.9 Å². The molecule has 2 amide bonds. The Kier molecular flexibility index (Phi) is 6.26. The summed E-state index contributed by atoms with van der Waals surface area (Å²) >= 11 is 0. The zero-order chi connectivity index (χ0) is 22.7. The first kappa shape index (κ1) is 22.0. The lowest BCUT2D eigenvalue weighted by atomic mass is 9.61. The second-order valence-corrected chi connectivity index (χ2v) is 8.39. The van der Waals surface area contributed by atoms with Gasteiger partial charge in [-0.25, -0.2) is 0 Å². The minimum absolute atomic E-state index is 0.0430. The molecule has 170 valence electrons. The minimum Gasteiger partial charge on any atom is -0.497 e. The van der Waals surface area contributed by atoms with Crippen LogP contribution in [0.5, 0.6) is 17.2 Å². The van der Waals surface area contributed by atoms with Crippen molar-refractivity contribution in [1.29, 1.82) is 0 Å². The summed E-state index contributed by atoms with van der Waals surface area (Å²) in [5, 5.41) is 3.05. The smallest absolute Gasteiger partial charge is 0.244 e. The highest BCUT2D eigenvalue weighted by Gasteiger charge is 2.63. The molecule has 1 aliphatic heterocycles. The Hall–Kier alpha value is -3.22. The van der Waals surface area contributed by atoms with E-state index in [1.54, 1.807) is 26.2 Å². The fourth-order valence-corrected chi connectivity index (χ4v) is 5.00. The van der Waals surface area contributed by atoms with E-state index in [-0.39, 0.29) is 18.4 Å². The zero-order valence-corrected chi connectivity index (χ0v) is 18.8. The van der Waals surface area contributed by atoms with E-state index in [0.717, 1.165) is 37.7 Å².